The standard InChI is InChI=1S/C11H10N2O3/c1-2-6-12-7-8-4-3-5-9(13(15)16)10(8)11(12)14/h2-5H,1,6-7H2. The van der Waals surface area contributed by atoms with Gasteiger partial charge in [-0.3, -0.25) is 14.9 Å². The van der Waals surface area contributed by atoms with Crippen LogP contribution in [-0.4, -0.2) is 22.3 Å². The van der Waals surface area contributed by atoms with E-state index in [9.17, 15) is 14.9 Å². The molecule has 0 saturated carbocycles. The number of nitrogens with zero attached hydrogens (tertiary/aromatic N) is 2. The zero-order chi connectivity index (χ0) is 11.7. The maximum Gasteiger partial charge on any atom is 0.282 e. The smallest absolute Gasteiger partial charge is 0.282 e. The average Bonchev–Trinajstić information content (AvgIpc) is 2.57. The van der Waals surface area contributed by atoms with Crippen LogP contribution in [0.15, 0.2) is 30.9 Å². The van der Waals surface area contributed by atoms with Crippen molar-refractivity contribution in [2.45, 2.75) is 6.54 Å². The van der Waals surface area contributed by atoms with Crippen LogP contribution in [-0.2, 0) is 6.54 Å². The zero-order valence-corrected chi connectivity index (χ0v) is 8.55. The second kappa shape index (κ2) is 3.77. The SMILES string of the molecule is C=CCN1Cc2cccc([N+](=O)[O-])c2C1=O. The number of carbonyl (C=O) groups is 1. The van der Waals surface area contributed by atoms with Crippen LogP contribution < -0.4 is 0 Å². The van der Waals surface area contributed by atoms with Crippen molar-refractivity contribution in [1.82, 2.24) is 4.90 Å². The molecular weight excluding hydrogens is 208 g/mol. The summed E-state index contributed by atoms with van der Waals surface area (Å²) in [5, 5.41) is 10.8. The molecule has 0 fully saturated rings. The summed E-state index contributed by atoms with van der Waals surface area (Å²) in [6, 6.07) is 4.69. The third-order valence-corrected chi connectivity index (χ3v) is 2.54. The van der Waals surface area contributed by atoms with Crippen LogP contribution in [0.3, 0.4) is 0 Å². The lowest BCUT2D eigenvalue weighted by Gasteiger charge is -2.11. The maximum atomic E-state index is 11.9. The minimum absolute atomic E-state index is 0.117. The lowest BCUT2D eigenvalue weighted by atomic mass is 10.1. The molecule has 1 heterocycles. The number of benzene rings is 1. The number of hydrogen-bond donors (Lipinski definition) is 0. The summed E-state index contributed by atoms with van der Waals surface area (Å²) < 4.78 is 0. The molecule has 0 atom stereocenters. The number of amides is 1. The molecular formula is C11H10N2O3. The van der Waals surface area contributed by atoms with Crippen molar-refractivity contribution in [2.24, 2.45) is 0 Å². The molecule has 0 radical (unpaired) electrons. The Morgan fingerprint density at radius 2 is 2.31 bits per heavy atom. The van der Waals surface area contributed by atoms with Gasteiger partial charge in [-0.25, -0.2) is 0 Å². The summed E-state index contributed by atoms with van der Waals surface area (Å²) in [4.78, 5) is 23.7. The topological polar surface area (TPSA) is 63.4 Å². The van der Waals surface area contributed by atoms with E-state index in [0.29, 0.717) is 18.7 Å². The lowest BCUT2D eigenvalue weighted by Crippen LogP contribution is -2.23. The van der Waals surface area contributed by atoms with Gasteiger partial charge in [-0.1, -0.05) is 18.2 Å². The van der Waals surface area contributed by atoms with E-state index in [1.165, 1.54) is 11.0 Å². The van der Waals surface area contributed by atoms with Gasteiger partial charge in [0.2, 0.25) is 0 Å². The highest BCUT2D eigenvalue weighted by molar-refractivity contribution is 6.02. The van der Waals surface area contributed by atoms with Gasteiger partial charge in [0.15, 0.2) is 0 Å². The Labute approximate surface area is 92.1 Å². The Bertz CT molecular complexity index is 482. The molecule has 0 aliphatic carbocycles. The van der Waals surface area contributed by atoms with Gasteiger partial charge in [0.1, 0.15) is 5.56 Å². The normalized spacial score (nSPS) is 13.8. The molecule has 0 N–H and O–H groups in total. The Hall–Kier alpha value is -2.17. The third-order valence-electron chi connectivity index (χ3n) is 2.54. The summed E-state index contributed by atoms with van der Waals surface area (Å²) in [7, 11) is 0. The van der Waals surface area contributed by atoms with E-state index in [4.69, 9.17) is 0 Å². The molecule has 1 aromatic carbocycles. The fraction of sp³-hybridized carbons (Fsp3) is 0.182. The first-order chi connectivity index (χ1) is 7.65. The second-order valence-corrected chi connectivity index (χ2v) is 3.54. The van der Waals surface area contributed by atoms with Gasteiger partial charge < -0.3 is 4.90 Å². The van der Waals surface area contributed by atoms with E-state index in [1.54, 1.807) is 18.2 Å². The molecule has 2 rings (SSSR count). The summed E-state index contributed by atoms with van der Waals surface area (Å²) in [5.74, 6) is -0.290. The highest BCUT2D eigenvalue weighted by Crippen LogP contribution is 2.30. The van der Waals surface area contributed by atoms with Crippen LogP contribution in [0.25, 0.3) is 0 Å². The van der Waals surface area contributed by atoms with E-state index >= 15 is 0 Å². The van der Waals surface area contributed by atoms with Crippen molar-refractivity contribution in [1.29, 1.82) is 0 Å². The average molecular weight is 218 g/mol. The third kappa shape index (κ3) is 1.46. The molecule has 0 unspecified atom stereocenters. The first-order valence-electron chi connectivity index (χ1n) is 4.81. The van der Waals surface area contributed by atoms with E-state index in [-0.39, 0.29) is 17.2 Å². The van der Waals surface area contributed by atoms with E-state index in [0.717, 1.165) is 0 Å². The number of nitro groups is 1. The summed E-state index contributed by atoms with van der Waals surface area (Å²) in [6.07, 6.45) is 1.61. The molecule has 16 heavy (non-hydrogen) atoms. The molecule has 0 aromatic heterocycles. The van der Waals surface area contributed by atoms with Crippen LogP contribution in [0.4, 0.5) is 5.69 Å². The van der Waals surface area contributed by atoms with Crippen molar-refractivity contribution in [3.05, 3.63) is 52.1 Å². The van der Waals surface area contributed by atoms with Gasteiger partial charge in [0.25, 0.3) is 11.6 Å². The minimum Gasteiger partial charge on any atom is -0.330 e. The molecule has 5 nitrogen and oxygen atoms in total. The highest BCUT2D eigenvalue weighted by atomic mass is 16.6. The predicted octanol–water partition coefficient (Wildman–Crippen LogP) is 1.74. The minimum atomic E-state index is -0.520. The van der Waals surface area contributed by atoms with E-state index in [2.05, 4.69) is 6.58 Å². The molecule has 0 saturated heterocycles. The zero-order valence-electron chi connectivity index (χ0n) is 8.55. The summed E-state index contributed by atoms with van der Waals surface area (Å²) in [6.45, 7) is 4.38. The molecule has 1 amide bonds. The second-order valence-electron chi connectivity index (χ2n) is 3.54. The molecule has 5 heteroatoms. The predicted molar refractivity (Wildman–Crippen MR) is 58.0 cm³/mol. The first-order valence-corrected chi connectivity index (χ1v) is 4.81. The Balaban J connectivity index is 2.48. The number of carbonyl (C=O) groups excluding carboxylic acids is 1. The number of nitro benzene ring substituents is 1. The molecule has 1 aliphatic rings. The highest BCUT2D eigenvalue weighted by Gasteiger charge is 2.33. The van der Waals surface area contributed by atoms with Crippen molar-refractivity contribution in [3.63, 3.8) is 0 Å². The van der Waals surface area contributed by atoms with Gasteiger partial charge in [-0.2, -0.15) is 0 Å². The van der Waals surface area contributed by atoms with Crippen LogP contribution in [0.2, 0.25) is 0 Å². The monoisotopic (exact) mass is 218 g/mol. The Morgan fingerprint density at radius 1 is 1.56 bits per heavy atom. The van der Waals surface area contributed by atoms with Crippen molar-refractivity contribution in [2.75, 3.05) is 6.54 Å². The van der Waals surface area contributed by atoms with Gasteiger partial charge in [-0.15, -0.1) is 6.58 Å². The van der Waals surface area contributed by atoms with Crippen LogP contribution in [0.1, 0.15) is 15.9 Å². The van der Waals surface area contributed by atoms with E-state index < -0.39 is 4.92 Å². The van der Waals surface area contributed by atoms with Crippen molar-refractivity contribution in [3.8, 4) is 0 Å². The molecule has 1 aliphatic heterocycles. The van der Waals surface area contributed by atoms with Gasteiger partial charge in [-0.05, 0) is 5.56 Å². The van der Waals surface area contributed by atoms with Crippen LogP contribution in [0.5, 0.6) is 0 Å². The van der Waals surface area contributed by atoms with E-state index in [1.807, 2.05) is 0 Å². The molecule has 0 bridgehead atoms. The number of rotatable bonds is 3. The van der Waals surface area contributed by atoms with Crippen LogP contribution in [0, 0.1) is 10.1 Å². The van der Waals surface area contributed by atoms with Crippen molar-refractivity contribution < 1.29 is 9.72 Å². The van der Waals surface area contributed by atoms with Gasteiger partial charge >= 0.3 is 0 Å². The fourth-order valence-corrected chi connectivity index (χ4v) is 1.86. The summed E-state index contributed by atoms with van der Waals surface area (Å²) >= 11 is 0. The quantitative estimate of drug-likeness (QED) is 0.441. The van der Waals surface area contributed by atoms with Gasteiger partial charge in [0.05, 0.1) is 4.92 Å². The maximum absolute atomic E-state index is 11.9. The van der Waals surface area contributed by atoms with Crippen LogP contribution >= 0.6 is 0 Å². The molecule has 0 spiro atoms. The first kappa shape index (κ1) is 10.4. The number of hydrogen-bond acceptors (Lipinski definition) is 3. The molecule has 82 valence electrons. The lowest BCUT2D eigenvalue weighted by molar-refractivity contribution is -0.385. The molecule has 1 aromatic rings. The van der Waals surface area contributed by atoms with Crippen molar-refractivity contribution >= 4 is 11.6 Å². The fourth-order valence-electron chi connectivity index (χ4n) is 1.86. The van der Waals surface area contributed by atoms with Gasteiger partial charge in [0, 0.05) is 19.2 Å². The summed E-state index contributed by atoms with van der Waals surface area (Å²) in [5.41, 5.74) is 0.810. The Morgan fingerprint density at radius 3 is 2.94 bits per heavy atom. The largest absolute Gasteiger partial charge is 0.330 e. The number of fused-ring (bicyclic) bond motifs is 1. The Kier molecular flexibility index (Phi) is 2.44.